The van der Waals surface area contributed by atoms with Crippen molar-refractivity contribution in [2.75, 3.05) is 19.1 Å². The standard InChI is InChI=1S/C22H29N5O/c1-21(2)12-16(13-22(3,4)26-21)27(5)20-10-9-18(24-25-20)17-8-7-15(14-23)11-19(17)28-6/h7-11,16,26H,12-13H2,1-6H3. The summed E-state index contributed by atoms with van der Waals surface area (Å²) in [6.45, 7) is 9.00. The van der Waals surface area contributed by atoms with Crippen molar-refractivity contribution in [2.24, 2.45) is 0 Å². The number of nitrogens with zero attached hydrogens (tertiary/aromatic N) is 4. The van der Waals surface area contributed by atoms with Crippen molar-refractivity contribution in [2.45, 2.75) is 57.7 Å². The number of piperidine rings is 1. The quantitative estimate of drug-likeness (QED) is 0.872. The van der Waals surface area contributed by atoms with E-state index in [-0.39, 0.29) is 11.1 Å². The van der Waals surface area contributed by atoms with Gasteiger partial charge in [0, 0.05) is 29.7 Å². The number of benzene rings is 1. The van der Waals surface area contributed by atoms with E-state index >= 15 is 0 Å². The van der Waals surface area contributed by atoms with Gasteiger partial charge >= 0.3 is 0 Å². The molecule has 0 aliphatic carbocycles. The third kappa shape index (κ3) is 4.26. The van der Waals surface area contributed by atoms with Crippen molar-refractivity contribution in [3.05, 3.63) is 35.9 Å². The molecule has 148 valence electrons. The van der Waals surface area contributed by atoms with Gasteiger partial charge in [-0.25, -0.2) is 0 Å². The van der Waals surface area contributed by atoms with Crippen molar-refractivity contribution in [1.82, 2.24) is 15.5 Å². The van der Waals surface area contributed by atoms with E-state index in [1.165, 1.54) is 0 Å². The second kappa shape index (κ2) is 7.40. The number of ether oxygens (including phenoxy) is 1. The molecular weight excluding hydrogens is 350 g/mol. The van der Waals surface area contributed by atoms with Gasteiger partial charge in [0.2, 0.25) is 0 Å². The van der Waals surface area contributed by atoms with E-state index in [9.17, 15) is 0 Å². The molecule has 6 heteroatoms. The van der Waals surface area contributed by atoms with Gasteiger partial charge in [-0.3, -0.25) is 0 Å². The highest BCUT2D eigenvalue weighted by molar-refractivity contribution is 5.68. The Labute approximate surface area is 167 Å². The van der Waals surface area contributed by atoms with Crippen LogP contribution in [0.5, 0.6) is 5.75 Å². The number of hydrogen-bond donors (Lipinski definition) is 1. The molecule has 0 saturated carbocycles. The van der Waals surface area contributed by atoms with Crippen LogP contribution in [0.1, 0.15) is 46.1 Å². The average Bonchev–Trinajstić information content (AvgIpc) is 2.64. The Balaban J connectivity index is 1.84. The van der Waals surface area contributed by atoms with Crippen LogP contribution in [0.25, 0.3) is 11.3 Å². The normalized spacial score (nSPS) is 18.3. The molecule has 28 heavy (non-hydrogen) atoms. The van der Waals surface area contributed by atoms with E-state index in [0.717, 1.165) is 29.9 Å². The van der Waals surface area contributed by atoms with Crippen LogP contribution < -0.4 is 15.0 Å². The predicted molar refractivity (Wildman–Crippen MR) is 111 cm³/mol. The second-order valence-corrected chi connectivity index (χ2v) is 8.87. The predicted octanol–water partition coefficient (Wildman–Crippen LogP) is 3.77. The maximum Gasteiger partial charge on any atom is 0.151 e. The lowest BCUT2D eigenvalue weighted by atomic mass is 9.79. The van der Waals surface area contributed by atoms with E-state index in [1.54, 1.807) is 19.2 Å². The molecule has 6 nitrogen and oxygen atoms in total. The van der Waals surface area contributed by atoms with Gasteiger partial charge in [-0.2, -0.15) is 5.26 Å². The Bertz CT molecular complexity index is 867. The SMILES string of the molecule is COc1cc(C#N)ccc1-c1ccc(N(C)C2CC(C)(C)NC(C)(C)C2)nn1. The molecule has 1 aromatic carbocycles. The number of nitriles is 1. The van der Waals surface area contributed by atoms with Gasteiger partial charge in [-0.1, -0.05) is 0 Å². The zero-order valence-electron chi connectivity index (χ0n) is 17.6. The summed E-state index contributed by atoms with van der Waals surface area (Å²) in [5.41, 5.74) is 2.26. The zero-order valence-corrected chi connectivity index (χ0v) is 17.6. The van der Waals surface area contributed by atoms with Gasteiger partial charge in [-0.15, -0.1) is 10.2 Å². The Morgan fingerprint density at radius 3 is 2.32 bits per heavy atom. The fourth-order valence-electron chi connectivity index (χ4n) is 4.36. The molecular formula is C22H29N5O. The molecule has 0 atom stereocenters. The summed E-state index contributed by atoms with van der Waals surface area (Å²) in [6, 6.07) is 11.8. The molecule has 0 radical (unpaired) electrons. The summed E-state index contributed by atoms with van der Waals surface area (Å²) in [5.74, 6) is 1.48. The van der Waals surface area contributed by atoms with E-state index in [1.807, 2.05) is 18.2 Å². The fourth-order valence-corrected chi connectivity index (χ4v) is 4.36. The molecule has 1 aliphatic heterocycles. The third-order valence-corrected chi connectivity index (χ3v) is 5.33. The largest absolute Gasteiger partial charge is 0.496 e. The van der Waals surface area contributed by atoms with E-state index < -0.39 is 0 Å². The Kier molecular flexibility index (Phi) is 5.31. The maximum atomic E-state index is 9.07. The Hall–Kier alpha value is -2.65. The Morgan fingerprint density at radius 1 is 1.11 bits per heavy atom. The van der Waals surface area contributed by atoms with Gasteiger partial charge in [-0.05, 0) is 70.9 Å². The van der Waals surface area contributed by atoms with Crippen molar-refractivity contribution < 1.29 is 4.74 Å². The number of nitrogens with one attached hydrogen (secondary N) is 1. The van der Waals surface area contributed by atoms with Crippen LogP contribution in [0.4, 0.5) is 5.82 Å². The monoisotopic (exact) mass is 379 g/mol. The highest BCUT2D eigenvalue weighted by atomic mass is 16.5. The van der Waals surface area contributed by atoms with Gasteiger partial charge < -0.3 is 15.0 Å². The molecule has 1 aromatic heterocycles. The molecule has 0 spiro atoms. The molecule has 3 rings (SSSR count). The van der Waals surface area contributed by atoms with Gasteiger partial charge in [0.15, 0.2) is 5.82 Å². The number of aromatic nitrogens is 2. The lowest BCUT2D eigenvalue weighted by Gasteiger charge is -2.49. The molecule has 0 bridgehead atoms. The van der Waals surface area contributed by atoms with Crippen LogP contribution in [0, 0.1) is 11.3 Å². The number of rotatable bonds is 4. The lowest BCUT2D eigenvalue weighted by molar-refractivity contribution is 0.160. The first-order valence-corrected chi connectivity index (χ1v) is 9.58. The van der Waals surface area contributed by atoms with E-state index in [0.29, 0.717) is 17.4 Å². The molecule has 1 fully saturated rings. The van der Waals surface area contributed by atoms with Gasteiger partial charge in [0.1, 0.15) is 5.75 Å². The van der Waals surface area contributed by atoms with Crippen LogP contribution in [0.15, 0.2) is 30.3 Å². The summed E-state index contributed by atoms with van der Waals surface area (Å²) >= 11 is 0. The number of methoxy groups -OCH3 is 1. The highest BCUT2D eigenvalue weighted by Crippen LogP contribution is 2.33. The lowest BCUT2D eigenvalue weighted by Crippen LogP contribution is -2.62. The smallest absolute Gasteiger partial charge is 0.151 e. The maximum absolute atomic E-state index is 9.07. The van der Waals surface area contributed by atoms with Crippen LogP contribution in [0.2, 0.25) is 0 Å². The first-order chi connectivity index (χ1) is 13.1. The van der Waals surface area contributed by atoms with Crippen molar-refractivity contribution >= 4 is 5.82 Å². The first kappa shape index (κ1) is 20.1. The average molecular weight is 380 g/mol. The summed E-state index contributed by atoms with van der Waals surface area (Å²) in [6.07, 6.45) is 2.08. The van der Waals surface area contributed by atoms with Crippen molar-refractivity contribution in [3.8, 4) is 23.1 Å². The topological polar surface area (TPSA) is 74.1 Å². The molecule has 0 amide bonds. The zero-order chi connectivity index (χ0) is 20.5. The first-order valence-electron chi connectivity index (χ1n) is 9.58. The summed E-state index contributed by atoms with van der Waals surface area (Å²) < 4.78 is 5.42. The minimum absolute atomic E-state index is 0.0733. The molecule has 1 N–H and O–H groups in total. The fraction of sp³-hybridized carbons (Fsp3) is 0.500. The van der Waals surface area contributed by atoms with Crippen LogP contribution in [0.3, 0.4) is 0 Å². The van der Waals surface area contributed by atoms with Crippen LogP contribution >= 0.6 is 0 Å². The second-order valence-electron chi connectivity index (χ2n) is 8.87. The summed E-state index contributed by atoms with van der Waals surface area (Å²) in [4.78, 5) is 2.23. The molecule has 1 saturated heterocycles. The molecule has 1 aliphatic rings. The molecule has 0 unspecified atom stereocenters. The van der Waals surface area contributed by atoms with Gasteiger partial charge in [0.25, 0.3) is 0 Å². The third-order valence-electron chi connectivity index (χ3n) is 5.33. The minimum atomic E-state index is 0.0733. The number of hydrogen-bond acceptors (Lipinski definition) is 6. The minimum Gasteiger partial charge on any atom is -0.496 e. The van der Waals surface area contributed by atoms with E-state index in [4.69, 9.17) is 10.00 Å². The molecule has 2 aromatic rings. The van der Waals surface area contributed by atoms with Crippen LogP contribution in [-0.2, 0) is 0 Å². The Morgan fingerprint density at radius 2 is 1.79 bits per heavy atom. The summed E-state index contributed by atoms with van der Waals surface area (Å²) in [7, 11) is 3.68. The molecule has 2 heterocycles. The van der Waals surface area contributed by atoms with E-state index in [2.05, 4.69) is 61.2 Å². The van der Waals surface area contributed by atoms with Crippen molar-refractivity contribution in [3.63, 3.8) is 0 Å². The number of anilines is 1. The van der Waals surface area contributed by atoms with Crippen LogP contribution in [-0.4, -0.2) is 41.5 Å². The summed E-state index contributed by atoms with van der Waals surface area (Å²) in [5, 5.41) is 21.7. The van der Waals surface area contributed by atoms with Crippen molar-refractivity contribution in [1.29, 1.82) is 5.26 Å². The van der Waals surface area contributed by atoms with Gasteiger partial charge in [0.05, 0.1) is 24.4 Å². The highest BCUT2D eigenvalue weighted by Gasteiger charge is 2.39.